The highest BCUT2D eigenvalue weighted by molar-refractivity contribution is 9.10. The molecule has 6 heteroatoms. The van der Waals surface area contributed by atoms with Crippen LogP contribution in [0.2, 0.25) is 0 Å². The number of imidazole rings is 1. The van der Waals surface area contributed by atoms with Crippen molar-refractivity contribution < 1.29 is 14.2 Å². The number of methoxy groups -OCH3 is 2. The minimum atomic E-state index is 0.475. The van der Waals surface area contributed by atoms with Crippen LogP contribution in [0.4, 0.5) is 0 Å². The number of aromatic nitrogens is 2. The third kappa shape index (κ3) is 4.38. The van der Waals surface area contributed by atoms with Crippen LogP contribution in [0.25, 0.3) is 22.4 Å². The SMILES string of the molecule is COCCn1c(-c2ccc(C(C)C)cc2)nc2c(Br)c(Oc3ccccc3)cc(OC)c21. The zero-order valence-corrected chi connectivity index (χ0v) is 20.3. The van der Waals surface area contributed by atoms with Gasteiger partial charge in [-0.1, -0.05) is 56.3 Å². The van der Waals surface area contributed by atoms with Gasteiger partial charge in [0.05, 0.1) is 18.2 Å². The van der Waals surface area contributed by atoms with Crippen molar-refractivity contribution in [2.75, 3.05) is 20.8 Å². The van der Waals surface area contributed by atoms with Crippen molar-refractivity contribution in [2.24, 2.45) is 0 Å². The molecular weight excluding hydrogens is 468 g/mol. The van der Waals surface area contributed by atoms with Gasteiger partial charge in [-0.25, -0.2) is 4.98 Å². The van der Waals surface area contributed by atoms with Gasteiger partial charge in [0, 0.05) is 25.3 Å². The largest absolute Gasteiger partial charge is 0.494 e. The molecule has 0 unspecified atom stereocenters. The third-order valence-corrected chi connectivity index (χ3v) is 6.20. The van der Waals surface area contributed by atoms with Gasteiger partial charge in [-0.2, -0.15) is 0 Å². The summed E-state index contributed by atoms with van der Waals surface area (Å²) < 4.78 is 20.2. The van der Waals surface area contributed by atoms with Gasteiger partial charge in [-0.3, -0.25) is 0 Å². The zero-order chi connectivity index (χ0) is 22.7. The number of halogens is 1. The second-order valence-electron chi connectivity index (χ2n) is 7.86. The van der Waals surface area contributed by atoms with Gasteiger partial charge in [0.1, 0.15) is 34.1 Å². The summed E-state index contributed by atoms with van der Waals surface area (Å²) >= 11 is 3.73. The first-order chi connectivity index (χ1) is 15.5. The Hall–Kier alpha value is -2.83. The molecule has 0 amide bonds. The lowest BCUT2D eigenvalue weighted by Crippen LogP contribution is -2.07. The zero-order valence-electron chi connectivity index (χ0n) is 18.8. The van der Waals surface area contributed by atoms with E-state index in [0.29, 0.717) is 30.6 Å². The summed E-state index contributed by atoms with van der Waals surface area (Å²) in [5.74, 6) is 3.44. The maximum absolute atomic E-state index is 6.14. The van der Waals surface area contributed by atoms with Crippen molar-refractivity contribution in [1.82, 2.24) is 9.55 Å². The predicted octanol–water partition coefficient (Wildman–Crippen LogP) is 7.04. The van der Waals surface area contributed by atoms with E-state index in [-0.39, 0.29) is 0 Å². The average Bonchev–Trinajstić information content (AvgIpc) is 3.20. The monoisotopic (exact) mass is 494 g/mol. The molecule has 3 aromatic carbocycles. The van der Waals surface area contributed by atoms with Gasteiger partial charge in [0.15, 0.2) is 0 Å². The van der Waals surface area contributed by atoms with Crippen LogP contribution >= 0.6 is 15.9 Å². The minimum absolute atomic E-state index is 0.475. The molecule has 0 bridgehead atoms. The standard InChI is InChI=1S/C26H27BrN2O3/c1-17(2)18-10-12-19(13-11-18)26-28-24-23(27)21(32-20-8-6-5-7-9-20)16-22(31-4)25(24)29(26)14-15-30-3/h5-13,16-17H,14-15H2,1-4H3. The molecule has 5 nitrogen and oxygen atoms in total. The molecule has 4 aromatic rings. The lowest BCUT2D eigenvalue weighted by molar-refractivity contribution is 0.188. The fraction of sp³-hybridized carbons (Fsp3) is 0.269. The second-order valence-corrected chi connectivity index (χ2v) is 8.65. The lowest BCUT2D eigenvalue weighted by Gasteiger charge is -2.14. The van der Waals surface area contributed by atoms with Gasteiger partial charge >= 0.3 is 0 Å². The Labute approximate surface area is 197 Å². The van der Waals surface area contributed by atoms with E-state index >= 15 is 0 Å². The number of para-hydroxylation sites is 1. The number of rotatable bonds is 8. The van der Waals surface area contributed by atoms with Crippen molar-refractivity contribution in [1.29, 1.82) is 0 Å². The molecular formula is C26H27BrN2O3. The van der Waals surface area contributed by atoms with E-state index in [2.05, 4.69) is 58.6 Å². The van der Waals surface area contributed by atoms with Crippen molar-refractivity contribution in [3.63, 3.8) is 0 Å². The van der Waals surface area contributed by atoms with Crippen LogP contribution in [0.3, 0.4) is 0 Å². The minimum Gasteiger partial charge on any atom is -0.494 e. The van der Waals surface area contributed by atoms with Gasteiger partial charge < -0.3 is 18.8 Å². The highest BCUT2D eigenvalue weighted by Crippen LogP contribution is 2.42. The van der Waals surface area contributed by atoms with Crippen LogP contribution in [0.15, 0.2) is 65.1 Å². The molecule has 4 rings (SSSR count). The molecule has 0 saturated carbocycles. The van der Waals surface area contributed by atoms with E-state index in [0.717, 1.165) is 32.6 Å². The van der Waals surface area contributed by atoms with Crippen molar-refractivity contribution in [2.45, 2.75) is 26.3 Å². The molecule has 0 aliphatic carbocycles. The molecule has 166 valence electrons. The van der Waals surface area contributed by atoms with E-state index in [9.17, 15) is 0 Å². The topological polar surface area (TPSA) is 45.5 Å². The molecule has 0 fully saturated rings. The van der Waals surface area contributed by atoms with Crippen LogP contribution in [-0.4, -0.2) is 30.4 Å². The quantitative estimate of drug-likeness (QED) is 0.263. The summed E-state index contributed by atoms with van der Waals surface area (Å²) in [6.45, 7) is 5.60. The van der Waals surface area contributed by atoms with Gasteiger partial charge in [-0.15, -0.1) is 0 Å². The summed E-state index contributed by atoms with van der Waals surface area (Å²) in [5, 5.41) is 0. The first kappa shape index (κ1) is 22.4. The van der Waals surface area contributed by atoms with Crippen molar-refractivity contribution in [3.05, 3.63) is 70.7 Å². The number of nitrogens with zero attached hydrogens (tertiary/aromatic N) is 2. The summed E-state index contributed by atoms with van der Waals surface area (Å²) in [7, 11) is 3.37. The first-order valence-corrected chi connectivity index (χ1v) is 11.4. The fourth-order valence-electron chi connectivity index (χ4n) is 3.71. The molecule has 0 aliphatic rings. The van der Waals surface area contributed by atoms with E-state index in [4.69, 9.17) is 19.2 Å². The maximum atomic E-state index is 6.14. The van der Waals surface area contributed by atoms with E-state index in [1.54, 1.807) is 14.2 Å². The predicted molar refractivity (Wildman–Crippen MR) is 132 cm³/mol. The third-order valence-electron chi connectivity index (χ3n) is 5.43. The van der Waals surface area contributed by atoms with Crippen LogP contribution in [0.1, 0.15) is 25.3 Å². The van der Waals surface area contributed by atoms with Crippen LogP contribution in [-0.2, 0) is 11.3 Å². The van der Waals surface area contributed by atoms with Crippen LogP contribution < -0.4 is 9.47 Å². The van der Waals surface area contributed by atoms with Crippen LogP contribution in [0.5, 0.6) is 17.2 Å². The molecule has 0 aliphatic heterocycles. The Morgan fingerprint density at radius 2 is 1.69 bits per heavy atom. The number of hydrogen-bond acceptors (Lipinski definition) is 4. The average molecular weight is 495 g/mol. The number of fused-ring (bicyclic) bond motifs is 1. The highest BCUT2D eigenvalue weighted by atomic mass is 79.9. The maximum Gasteiger partial charge on any atom is 0.148 e. The smallest absolute Gasteiger partial charge is 0.148 e. The molecule has 1 aromatic heterocycles. The summed E-state index contributed by atoms with van der Waals surface area (Å²) in [4.78, 5) is 5.02. The Balaban J connectivity index is 1.89. The fourth-order valence-corrected chi connectivity index (χ4v) is 4.18. The van der Waals surface area contributed by atoms with E-state index in [1.165, 1.54) is 5.56 Å². The molecule has 32 heavy (non-hydrogen) atoms. The molecule has 0 atom stereocenters. The number of ether oxygens (including phenoxy) is 3. The molecule has 1 heterocycles. The Morgan fingerprint density at radius 1 is 0.969 bits per heavy atom. The summed E-state index contributed by atoms with van der Waals surface area (Å²) in [5.41, 5.74) is 4.03. The van der Waals surface area contributed by atoms with E-state index in [1.807, 2.05) is 36.4 Å². The first-order valence-electron chi connectivity index (χ1n) is 10.6. The van der Waals surface area contributed by atoms with Gasteiger partial charge in [-0.05, 0) is 39.5 Å². The lowest BCUT2D eigenvalue weighted by atomic mass is 10.0. The number of hydrogen-bond donors (Lipinski definition) is 0. The van der Waals surface area contributed by atoms with Gasteiger partial charge in [0.2, 0.25) is 0 Å². The normalized spacial score (nSPS) is 11.3. The van der Waals surface area contributed by atoms with Gasteiger partial charge in [0.25, 0.3) is 0 Å². The molecule has 0 saturated heterocycles. The van der Waals surface area contributed by atoms with Crippen molar-refractivity contribution >= 4 is 27.0 Å². The molecule has 0 spiro atoms. The summed E-state index contributed by atoms with van der Waals surface area (Å²) in [6, 6.07) is 20.2. The molecule has 0 N–H and O–H groups in total. The Morgan fingerprint density at radius 3 is 2.31 bits per heavy atom. The van der Waals surface area contributed by atoms with E-state index < -0.39 is 0 Å². The Kier molecular flexibility index (Phi) is 6.82. The van der Waals surface area contributed by atoms with Crippen molar-refractivity contribution in [3.8, 4) is 28.6 Å². The second kappa shape index (κ2) is 9.76. The Bertz CT molecular complexity index is 1200. The molecule has 0 radical (unpaired) electrons. The number of benzene rings is 3. The van der Waals surface area contributed by atoms with Crippen LogP contribution in [0, 0.1) is 0 Å². The highest BCUT2D eigenvalue weighted by Gasteiger charge is 2.22. The summed E-state index contributed by atoms with van der Waals surface area (Å²) in [6.07, 6.45) is 0.